The molecule has 0 N–H and O–H groups in total. The van der Waals surface area contributed by atoms with Crippen LogP contribution < -0.4 is 4.74 Å². The van der Waals surface area contributed by atoms with E-state index in [-0.39, 0.29) is 34.3 Å². The highest BCUT2D eigenvalue weighted by Gasteiger charge is 2.33. The molecule has 27 heavy (non-hydrogen) atoms. The average molecular weight is 390 g/mol. The quantitative estimate of drug-likeness (QED) is 0.538. The molecule has 0 spiro atoms. The Morgan fingerprint density at radius 1 is 1.37 bits per heavy atom. The second kappa shape index (κ2) is 9.61. The summed E-state index contributed by atoms with van der Waals surface area (Å²) in [6.45, 7) is 2.92. The lowest BCUT2D eigenvalue weighted by Crippen LogP contribution is -2.22. The number of esters is 1. The fourth-order valence-electron chi connectivity index (χ4n) is 3.19. The Hall–Kier alpha value is -2.26. The van der Waals surface area contributed by atoms with Crippen molar-refractivity contribution in [1.29, 1.82) is 0 Å². The van der Waals surface area contributed by atoms with Crippen molar-refractivity contribution in [3.8, 4) is 17.6 Å². The molecule has 0 amide bonds. The van der Waals surface area contributed by atoms with E-state index in [2.05, 4.69) is 11.8 Å². The summed E-state index contributed by atoms with van der Waals surface area (Å²) >= 11 is 1.70. The van der Waals surface area contributed by atoms with Crippen molar-refractivity contribution < 1.29 is 23.5 Å². The van der Waals surface area contributed by atoms with Gasteiger partial charge in [0.2, 0.25) is 0 Å². The molecule has 0 saturated carbocycles. The highest BCUT2D eigenvalue weighted by molar-refractivity contribution is 7.98. The first-order valence-electron chi connectivity index (χ1n) is 8.65. The van der Waals surface area contributed by atoms with Gasteiger partial charge in [-0.1, -0.05) is 5.92 Å². The first-order valence-corrected chi connectivity index (χ1v) is 10.0. The predicted molar refractivity (Wildman–Crippen MR) is 105 cm³/mol. The summed E-state index contributed by atoms with van der Waals surface area (Å²) in [5.41, 5.74) is 0.575. The Labute approximate surface area is 163 Å². The molecule has 2 rings (SSSR count). The van der Waals surface area contributed by atoms with Gasteiger partial charge in [-0.15, -0.1) is 5.92 Å². The number of thioether (sulfide) groups is 1. The van der Waals surface area contributed by atoms with E-state index in [4.69, 9.17) is 9.47 Å². The van der Waals surface area contributed by atoms with Crippen molar-refractivity contribution in [2.75, 3.05) is 19.1 Å². The van der Waals surface area contributed by atoms with E-state index in [9.17, 15) is 14.0 Å². The van der Waals surface area contributed by atoms with Crippen LogP contribution in [0.1, 0.15) is 44.2 Å². The van der Waals surface area contributed by atoms with Gasteiger partial charge in [-0.25, -0.2) is 4.39 Å². The highest BCUT2D eigenvalue weighted by atomic mass is 32.2. The Bertz CT molecular complexity index is 833. The van der Waals surface area contributed by atoms with Crippen LogP contribution in [0.3, 0.4) is 0 Å². The average Bonchev–Trinajstić information content (AvgIpc) is 2.60. The molecule has 1 aromatic carbocycles. The summed E-state index contributed by atoms with van der Waals surface area (Å²) in [4.78, 5) is 24.5. The monoisotopic (exact) mass is 390 g/mol. The number of Topliss-reactive ketones (excluding diaryl/α,β-unsaturated/α-hetero) is 1. The van der Waals surface area contributed by atoms with Gasteiger partial charge in [-0.05, 0) is 43.4 Å². The van der Waals surface area contributed by atoms with Gasteiger partial charge >= 0.3 is 5.97 Å². The number of carbonyl (C=O) groups is 2. The van der Waals surface area contributed by atoms with E-state index in [0.717, 1.165) is 12.2 Å². The third-order valence-corrected chi connectivity index (χ3v) is 4.94. The molecule has 1 aliphatic carbocycles. The molecule has 4 nitrogen and oxygen atoms in total. The molecule has 1 unspecified atom stereocenters. The van der Waals surface area contributed by atoms with Crippen LogP contribution in [0, 0.1) is 23.6 Å². The second-order valence-corrected chi connectivity index (χ2v) is 7.27. The van der Waals surface area contributed by atoms with Crippen LogP contribution in [0.4, 0.5) is 4.39 Å². The number of benzene rings is 1. The molecule has 0 aromatic heterocycles. The summed E-state index contributed by atoms with van der Waals surface area (Å²) in [7, 11) is 1.40. The van der Waals surface area contributed by atoms with Crippen molar-refractivity contribution in [2.45, 2.75) is 33.1 Å². The number of carbonyl (C=O) groups excluding carboxylic acids is 2. The molecule has 0 heterocycles. The Balaban J connectivity index is 2.60. The number of allylic oxidation sites excluding steroid dienone is 2. The number of methoxy groups -OCH3 is 1. The maximum absolute atomic E-state index is 14.9. The number of hydrogen-bond donors (Lipinski definition) is 0. The van der Waals surface area contributed by atoms with E-state index in [1.54, 1.807) is 24.8 Å². The van der Waals surface area contributed by atoms with Crippen LogP contribution in [0.15, 0.2) is 17.9 Å². The normalized spacial score (nSPS) is 16.6. The highest BCUT2D eigenvalue weighted by Crippen LogP contribution is 2.40. The maximum Gasteiger partial charge on any atom is 0.307 e. The van der Waals surface area contributed by atoms with Gasteiger partial charge in [-0.3, -0.25) is 9.59 Å². The number of hydrogen-bond acceptors (Lipinski definition) is 5. The van der Waals surface area contributed by atoms with Crippen LogP contribution in [0.25, 0.3) is 5.57 Å². The summed E-state index contributed by atoms with van der Waals surface area (Å²) in [5, 5.41) is 0. The van der Waals surface area contributed by atoms with Crippen molar-refractivity contribution >= 4 is 29.1 Å². The molecule has 6 heteroatoms. The van der Waals surface area contributed by atoms with Crippen LogP contribution >= 0.6 is 11.8 Å². The third kappa shape index (κ3) is 5.14. The summed E-state index contributed by atoms with van der Waals surface area (Å²) in [5.74, 6) is 5.48. The SMILES string of the molecule is CC#Cc1cc(F)c(C2=C(OC(C)=O)CC(CCSC)CC2=O)c(OC)c1. The van der Waals surface area contributed by atoms with E-state index in [1.165, 1.54) is 20.1 Å². The van der Waals surface area contributed by atoms with Crippen LogP contribution in [0.2, 0.25) is 0 Å². The molecular formula is C21H23FO4S. The van der Waals surface area contributed by atoms with Gasteiger partial charge in [-0.2, -0.15) is 11.8 Å². The van der Waals surface area contributed by atoms with E-state index < -0.39 is 11.8 Å². The van der Waals surface area contributed by atoms with Crippen molar-refractivity contribution in [1.82, 2.24) is 0 Å². The zero-order chi connectivity index (χ0) is 20.0. The molecule has 0 saturated heterocycles. The standard InChI is InChI=1S/C21H23FO4S/c1-5-6-14-9-16(22)20(18(11-14)25-3)21-17(24)10-15(7-8-27-4)12-19(21)26-13(2)23/h9,11,15H,7-8,10,12H2,1-4H3. The van der Waals surface area contributed by atoms with Crippen LogP contribution in [0.5, 0.6) is 5.75 Å². The minimum atomic E-state index is -0.623. The molecule has 1 aliphatic rings. The van der Waals surface area contributed by atoms with Gasteiger partial charge < -0.3 is 9.47 Å². The van der Waals surface area contributed by atoms with Crippen molar-refractivity contribution in [3.63, 3.8) is 0 Å². The zero-order valence-corrected chi connectivity index (χ0v) is 16.8. The number of rotatable bonds is 6. The van der Waals surface area contributed by atoms with Gasteiger partial charge in [0.15, 0.2) is 5.78 Å². The smallest absolute Gasteiger partial charge is 0.307 e. The Kier molecular flexibility index (Phi) is 7.49. The maximum atomic E-state index is 14.9. The molecule has 0 fully saturated rings. The van der Waals surface area contributed by atoms with Gasteiger partial charge in [0.05, 0.1) is 18.2 Å². The molecule has 144 valence electrons. The molecule has 1 aromatic rings. The molecule has 1 atom stereocenters. The van der Waals surface area contributed by atoms with Crippen LogP contribution in [-0.4, -0.2) is 30.9 Å². The van der Waals surface area contributed by atoms with Crippen LogP contribution in [-0.2, 0) is 14.3 Å². The van der Waals surface area contributed by atoms with Gasteiger partial charge in [0.1, 0.15) is 17.3 Å². The topological polar surface area (TPSA) is 52.6 Å². The fourth-order valence-corrected chi connectivity index (χ4v) is 3.76. The molecule has 0 radical (unpaired) electrons. The van der Waals surface area contributed by atoms with Crippen molar-refractivity contribution in [2.24, 2.45) is 5.92 Å². The summed E-state index contributed by atoms with van der Waals surface area (Å²) in [6, 6.07) is 2.85. The Morgan fingerprint density at radius 3 is 2.70 bits per heavy atom. The fraction of sp³-hybridized carbons (Fsp3) is 0.429. The van der Waals surface area contributed by atoms with E-state index in [0.29, 0.717) is 18.4 Å². The first-order chi connectivity index (χ1) is 12.9. The number of ether oxygens (including phenoxy) is 2. The predicted octanol–water partition coefficient (Wildman–Crippen LogP) is 4.21. The second-order valence-electron chi connectivity index (χ2n) is 6.28. The van der Waals surface area contributed by atoms with E-state index >= 15 is 0 Å². The molecule has 0 aliphatic heterocycles. The third-order valence-electron chi connectivity index (χ3n) is 4.30. The lowest BCUT2D eigenvalue weighted by atomic mass is 9.82. The lowest BCUT2D eigenvalue weighted by molar-refractivity contribution is -0.137. The van der Waals surface area contributed by atoms with Crippen molar-refractivity contribution in [3.05, 3.63) is 34.8 Å². The first kappa shape index (κ1) is 21.0. The Morgan fingerprint density at radius 2 is 2.11 bits per heavy atom. The minimum absolute atomic E-state index is 0.0312. The zero-order valence-electron chi connectivity index (χ0n) is 16.0. The lowest BCUT2D eigenvalue weighted by Gasteiger charge is -2.26. The number of halogens is 1. The van der Waals surface area contributed by atoms with Gasteiger partial charge in [0, 0.05) is 25.3 Å². The summed E-state index contributed by atoms with van der Waals surface area (Å²) < 4.78 is 25.6. The summed E-state index contributed by atoms with van der Waals surface area (Å²) in [6.07, 6.45) is 3.54. The van der Waals surface area contributed by atoms with E-state index in [1.807, 2.05) is 6.26 Å². The minimum Gasteiger partial charge on any atom is -0.496 e. The largest absolute Gasteiger partial charge is 0.496 e. The molecule has 0 bridgehead atoms. The number of ketones is 1. The molecular weight excluding hydrogens is 367 g/mol. The van der Waals surface area contributed by atoms with Gasteiger partial charge in [0.25, 0.3) is 0 Å².